The van der Waals surface area contributed by atoms with Gasteiger partial charge in [0.15, 0.2) is 5.78 Å². The Morgan fingerprint density at radius 2 is 2.00 bits per heavy atom. The van der Waals surface area contributed by atoms with Crippen molar-refractivity contribution in [3.63, 3.8) is 0 Å². The third-order valence-electron chi connectivity index (χ3n) is 2.46. The van der Waals surface area contributed by atoms with Crippen molar-refractivity contribution in [2.45, 2.75) is 20.8 Å². The molecule has 0 N–H and O–H groups in total. The molecule has 0 atom stereocenters. The molecule has 0 aliphatic rings. The van der Waals surface area contributed by atoms with Gasteiger partial charge in [0, 0.05) is 5.56 Å². The third-order valence-corrected chi connectivity index (χ3v) is 2.70. The second-order valence-electron chi connectivity index (χ2n) is 3.35. The number of halogens is 1. The Labute approximate surface area is 95.2 Å². The van der Waals surface area contributed by atoms with Gasteiger partial charge >= 0.3 is 0 Å². The summed E-state index contributed by atoms with van der Waals surface area (Å²) in [6, 6.07) is 3.60. The lowest BCUT2D eigenvalue weighted by Gasteiger charge is -2.12. The molecule has 3 heteroatoms. The molecule has 2 nitrogen and oxygen atoms in total. The van der Waals surface area contributed by atoms with Crippen molar-refractivity contribution in [2.24, 2.45) is 0 Å². The van der Waals surface area contributed by atoms with Crippen LogP contribution in [0.4, 0.5) is 0 Å². The number of hydrogen-bond donors (Lipinski definition) is 0. The van der Waals surface area contributed by atoms with Gasteiger partial charge in [-0.2, -0.15) is 0 Å². The summed E-state index contributed by atoms with van der Waals surface area (Å²) in [5.41, 5.74) is 2.64. The van der Waals surface area contributed by atoms with Crippen molar-refractivity contribution in [3.05, 3.63) is 28.8 Å². The molecule has 1 aromatic carbocycles. The molecule has 0 aliphatic heterocycles. The molecule has 0 amide bonds. The van der Waals surface area contributed by atoms with Crippen LogP contribution in [0.3, 0.4) is 0 Å². The fourth-order valence-corrected chi connectivity index (χ4v) is 1.63. The van der Waals surface area contributed by atoms with E-state index in [0.717, 1.165) is 16.9 Å². The molecule has 15 heavy (non-hydrogen) atoms. The van der Waals surface area contributed by atoms with Crippen LogP contribution in [-0.2, 0) is 0 Å². The SMILES string of the molecule is CCOc1ccc(C(=O)CCl)c(C)c1C. The minimum atomic E-state index is -0.0414. The van der Waals surface area contributed by atoms with Crippen LogP contribution in [0.5, 0.6) is 5.75 Å². The van der Waals surface area contributed by atoms with Crippen LogP contribution in [0, 0.1) is 13.8 Å². The molecule has 82 valence electrons. The molecule has 1 rings (SSSR count). The summed E-state index contributed by atoms with van der Waals surface area (Å²) in [5, 5.41) is 0. The summed E-state index contributed by atoms with van der Waals surface area (Å²) in [4.78, 5) is 11.5. The van der Waals surface area contributed by atoms with E-state index in [9.17, 15) is 4.79 Å². The van der Waals surface area contributed by atoms with Gasteiger partial charge in [0.05, 0.1) is 12.5 Å². The molecule has 0 fully saturated rings. The summed E-state index contributed by atoms with van der Waals surface area (Å²) >= 11 is 5.53. The van der Waals surface area contributed by atoms with Crippen LogP contribution < -0.4 is 4.74 Å². The van der Waals surface area contributed by atoms with Gasteiger partial charge in [0.2, 0.25) is 0 Å². The van der Waals surface area contributed by atoms with Crippen molar-refractivity contribution in [1.29, 1.82) is 0 Å². The van der Waals surface area contributed by atoms with E-state index in [1.54, 1.807) is 6.07 Å². The molecule has 1 aromatic rings. The highest BCUT2D eigenvalue weighted by Gasteiger charge is 2.12. The second-order valence-corrected chi connectivity index (χ2v) is 3.62. The number of Topliss-reactive ketones (excluding diaryl/α,β-unsaturated/α-hetero) is 1. The van der Waals surface area contributed by atoms with Gasteiger partial charge < -0.3 is 4.74 Å². The summed E-state index contributed by atoms with van der Waals surface area (Å²) < 4.78 is 5.44. The van der Waals surface area contributed by atoms with Crippen molar-refractivity contribution in [1.82, 2.24) is 0 Å². The average Bonchev–Trinajstić information content (AvgIpc) is 2.24. The maximum Gasteiger partial charge on any atom is 0.177 e. The molecule has 0 unspecified atom stereocenters. The molecule has 0 saturated carbocycles. The van der Waals surface area contributed by atoms with Crippen LogP contribution in [0.15, 0.2) is 12.1 Å². The first-order valence-electron chi connectivity index (χ1n) is 4.94. The Kier molecular flexibility index (Phi) is 4.15. The molecule has 0 aromatic heterocycles. The quantitative estimate of drug-likeness (QED) is 0.583. The highest BCUT2D eigenvalue weighted by molar-refractivity contribution is 6.30. The maximum absolute atomic E-state index is 11.5. The van der Waals surface area contributed by atoms with E-state index in [1.165, 1.54) is 0 Å². The van der Waals surface area contributed by atoms with Crippen LogP contribution in [0.2, 0.25) is 0 Å². The number of ether oxygens (including phenoxy) is 1. The Balaban J connectivity index is 3.15. The highest BCUT2D eigenvalue weighted by Crippen LogP contribution is 2.24. The van der Waals surface area contributed by atoms with E-state index in [1.807, 2.05) is 26.8 Å². The number of carbonyl (C=O) groups excluding carboxylic acids is 1. The molecule has 0 saturated heterocycles. The topological polar surface area (TPSA) is 26.3 Å². The summed E-state index contributed by atoms with van der Waals surface area (Å²) in [7, 11) is 0. The lowest BCUT2D eigenvalue weighted by Crippen LogP contribution is -2.05. The van der Waals surface area contributed by atoms with Gasteiger partial charge in [-0.25, -0.2) is 0 Å². The third kappa shape index (κ3) is 2.51. The van der Waals surface area contributed by atoms with Crippen LogP contribution >= 0.6 is 11.6 Å². The number of carbonyl (C=O) groups is 1. The predicted molar refractivity (Wildman–Crippen MR) is 62.1 cm³/mol. The molecule has 0 radical (unpaired) electrons. The van der Waals surface area contributed by atoms with E-state index in [0.29, 0.717) is 12.2 Å². The van der Waals surface area contributed by atoms with E-state index in [2.05, 4.69) is 0 Å². The summed E-state index contributed by atoms with van der Waals surface area (Å²) in [5.74, 6) is 0.815. The lowest BCUT2D eigenvalue weighted by molar-refractivity contribution is 0.102. The van der Waals surface area contributed by atoms with Gasteiger partial charge in [-0.15, -0.1) is 11.6 Å². The smallest absolute Gasteiger partial charge is 0.177 e. The first kappa shape index (κ1) is 12.1. The van der Waals surface area contributed by atoms with Crippen LogP contribution in [0.1, 0.15) is 28.4 Å². The Bertz CT molecular complexity index is 372. The van der Waals surface area contributed by atoms with E-state index in [4.69, 9.17) is 16.3 Å². The number of benzene rings is 1. The summed E-state index contributed by atoms with van der Waals surface area (Å²) in [6.07, 6.45) is 0. The lowest BCUT2D eigenvalue weighted by atomic mass is 10.00. The average molecular weight is 227 g/mol. The maximum atomic E-state index is 11.5. The normalized spacial score (nSPS) is 10.1. The fraction of sp³-hybridized carbons (Fsp3) is 0.417. The van der Waals surface area contributed by atoms with Crippen molar-refractivity contribution in [3.8, 4) is 5.75 Å². The Morgan fingerprint density at radius 1 is 1.33 bits per heavy atom. The largest absolute Gasteiger partial charge is 0.494 e. The second kappa shape index (κ2) is 5.17. The van der Waals surface area contributed by atoms with Gasteiger partial charge in [0.25, 0.3) is 0 Å². The minimum Gasteiger partial charge on any atom is -0.494 e. The van der Waals surface area contributed by atoms with Crippen molar-refractivity contribution in [2.75, 3.05) is 12.5 Å². The molecule has 0 heterocycles. The zero-order valence-electron chi connectivity index (χ0n) is 9.26. The fourth-order valence-electron chi connectivity index (χ4n) is 1.48. The van der Waals surface area contributed by atoms with Gasteiger partial charge in [-0.05, 0) is 44.0 Å². The number of alkyl halides is 1. The van der Waals surface area contributed by atoms with Crippen LogP contribution in [-0.4, -0.2) is 18.3 Å². The first-order valence-corrected chi connectivity index (χ1v) is 5.47. The summed E-state index contributed by atoms with van der Waals surface area (Å²) in [6.45, 7) is 6.43. The van der Waals surface area contributed by atoms with E-state index < -0.39 is 0 Å². The molecule has 0 aliphatic carbocycles. The van der Waals surface area contributed by atoms with Crippen molar-refractivity contribution < 1.29 is 9.53 Å². The highest BCUT2D eigenvalue weighted by atomic mass is 35.5. The van der Waals surface area contributed by atoms with Crippen LogP contribution in [0.25, 0.3) is 0 Å². The van der Waals surface area contributed by atoms with E-state index >= 15 is 0 Å². The molecular weight excluding hydrogens is 212 g/mol. The molecule has 0 bridgehead atoms. The first-order chi connectivity index (χ1) is 7.11. The zero-order chi connectivity index (χ0) is 11.4. The number of ketones is 1. The van der Waals surface area contributed by atoms with Gasteiger partial charge in [-0.1, -0.05) is 0 Å². The Morgan fingerprint density at radius 3 is 2.53 bits per heavy atom. The van der Waals surface area contributed by atoms with Crippen molar-refractivity contribution >= 4 is 17.4 Å². The van der Waals surface area contributed by atoms with E-state index in [-0.39, 0.29) is 11.7 Å². The Hall–Kier alpha value is -1.02. The molecular formula is C12H15ClO2. The standard InChI is InChI=1S/C12H15ClO2/c1-4-15-12-6-5-10(11(14)7-13)8(2)9(12)3/h5-6H,4,7H2,1-3H3. The van der Waals surface area contributed by atoms with Gasteiger partial charge in [0.1, 0.15) is 5.75 Å². The predicted octanol–water partition coefficient (Wildman–Crippen LogP) is 3.12. The monoisotopic (exact) mass is 226 g/mol. The number of rotatable bonds is 4. The number of hydrogen-bond acceptors (Lipinski definition) is 2. The zero-order valence-corrected chi connectivity index (χ0v) is 10.0. The molecule has 0 spiro atoms. The minimum absolute atomic E-state index is 0.0221. The van der Waals surface area contributed by atoms with Gasteiger partial charge in [-0.3, -0.25) is 4.79 Å².